The fourth-order valence-corrected chi connectivity index (χ4v) is 0. The summed E-state index contributed by atoms with van der Waals surface area (Å²) in [5.41, 5.74) is 0. The molecule has 0 fully saturated rings. The van der Waals surface area contributed by atoms with Crippen LogP contribution in [-0.2, 0) is 0 Å². The molecule has 0 aromatic rings. The maximum absolute atomic E-state index is 7.18. The molecule has 0 aliphatic carbocycles. The van der Waals surface area contributed by atoms with Crippen LogP contribution in [0.1, 0.15) is 0 Å². The Kier molecular flexibility index (Phi) is 1610. The number of rotatable bonds is 0. The second-order valence-corrected chi connectivity index (χ2v) is 2.70. The summed E-state index contributed by atoms with van der Waals surface area (Å²) in [5.74, 6) is 0. The first-order valence-corrected chi connectivity index (χ1v) is 8.05. The molecule has 0 rings (SSSR count). The van der Waals surface area contributed by atoms with E-state index in [1.54, 1.807) is 0 Å². The maximum atomic E-state index is 7.18. The first kappa shape index (κ1) is 220. The van der Waals surface area contributed by atoms with Gasteiger partial charge in [-0.1, -0.05) is 114 Å². The molecule has 188 valence electrons. The van der Waals surface area contributed by atoms with E-state index in [1.807, 2.05) is 0 Å². The van der Waals surface area contributed by atoms with Crippen molar-refractivity contribution in [2.75, 3.05) is 0 Å². The van der Waals surface area contributed by atoms with E-state index in [-0.39, 0.29) is 650 Å². The van der Waals surface area contributed by atoms with E-state index in [0.29, 0.717) is 0 Å². The molecule has 0 bridgehead atoms. The number of thiocyanates is 9. The molecule has 0 aliphatic rings. The third kappa shape index (κ3) is 719. The molecular weight excluding hydrogens is 1030 g/mol. The summed E-state index contributed by atoms with van der Waals surface area (Å²) in [7, 11) is 0. The number of hydrogen-bond donors (Lipinski definition) is 9. The van der Waals surface area contributed by atoms with Gasteiger partial charge in [-0.25, -0.2) is 0 Å². The van der Waals surface area contributed by atoms with Crippen LogP contribution in [-0.4, -0.2) is 650 Å². The summed E-state index contributed by atoms with van der Waals surface area (Å²) >= 11 is 27.8. The van der Waals surface area contributed by atoms with Crippen molar-refractivity contribution >= 4 is 764 Å². The zero-order valence-electron chi connectivity index (χ0n) is 12.5. The number of thiol groups is 9. The van der Waals surface area contributed by atoms with Gasteiger partial charge in [-0.15, -0.1) is 0 Å². The first-order chi connectivity index (χ1) is 12.7. The Labute approximate surface area is 833 Å². The average molecular weight is 1060 g/mol. The molecule has 0 amide bonds. The molecule has 0 heterocycles. The van der Waals surface area contributed by atoms with Gasteiger partial charge in [0.2, 0.25) is 0 Å². The molecule has 0 saturated carbocycles. The molecule has 0 aromatic carbocycles. The summed E-state index contributed by atoms with van der Waals surface area (Å²) in [6.45, 7) is 0. The van der Waals surface area contributed by atoms with Crippen molar-refractivity contribution in [3.63, 3.8) is 0 Å². The standard InChI is InChI=1S/9CHNS.22Na.22H/c9*2-1-3;;;;;;;;;;;;;;;;;;;;;;;;;;;;;;;;;;;;;;;;;;;;/h9*3H;;;;;;;;;;;;;;;;;;;;;;;;;;;;;;;;;;;;;;;;;;;;. The van der Waals surface area contributed by atoms with Crippen LogP contribution in [0.2, 0.25) is 0 Å². The fourth-order valence-electron chi connectivity index (χ4n) is 0. The van der Waals surface area contributed by atoms with Crippen molar-refractivity contribution in [2.45, 2.75) is 0 Å². The Hall–Kier alpha value is 20.6. The Morgan fingerprint density at radius 2 is 0.143 bits per heavy atom. The first-order valence-electron chi connectivity index (χ1n) is 4.02. The van der Waals surface area contributed by atoms with Crippen molar-refractivity contribution in [3.05, 3.63) is 0 Å². The van der Waals surface area contributed by atoms with E-state index in [0.717, 1.165) is 0 Å². The topological polar surface area (TPSA) is 214 Å². The molecule has 40 heteroatoms. The Morgan fingerprint density at radius 1 is 0.143 bits per heavy atom. The molecule has 49 heavy (non-hydrogen) atoms. The molecule has 0 spiro atoms. The Balaban J connectivity index is -0.00000000243. The molecular formula is C9H31N9Na22S9. The van der Waals surface area contributed by atoms with Gasteiger partial charge < -0.3 is 0 Å². The van der Waals surface area contributed by atoms with Crippen molar-refractivity contribution < 1.29 is 0 Å². The van der Waals surface area contributed by atoms with Gasteiger partial charge in [0, 0.05) is 0 Å². The molecule has 0 aromatic heterocycles. The van der Waals surface area contributed by atoms with Gasteiger partial charge in [0.05, 0.1) is 0 Å². The summed E-state index contributed by atoms with van der Waals surface area (Å²) in [6.07, 6.45) is 0. The van der Waals surface area contributed by atoms with E-state index in [4.69, 9.17) is 47.4 Å². The molecule has 0 N–H and O–H groups in total. The van der Waals surface area contributed by atoms with Crippen molar-refractivity contribution in [1.29, 1.82) is 47.4 Å². The third-order valence-corrected chi connectivity index (χ3v) is 0. The van der Waals surface area contributed by atoms with Crippen LogP contribution in [0.5, 0.6) is 0 Å². The molecule has 9 nitrogen and oxygen atoms in total. The van der Waals surface area contributed by atoms with Crippen LogP contribution in [0.15, 0.2) is 0 Å². The summed E-state index contributed by atoms with van der Waals surface area (Å²) in [6, 6.07) is 0. The minimum absolute atomic E-state index is 0. The number of nitriles is 9. The number of nitrogens with zero attached hydrogens (tertiary/aromatic N) is 9. The summed E-state index contributed by atoms with van der Waals surface area (Å²) in [4.78, 5) is 0. The van der Waals surface area contributed by atoms with Crippen molar-refractivity contribution in [2.24, 2.45) is 0 Å². The van der Waals surface area contributed by atoms with Gasteiger partial charge in [-0.3, -0.25) is 0 Å². The SMILES string of the molecule is N#CS.N#CS.N#CS.N#CS.N#CS.N#CS.N#CS.N#CS.N#CS.[NaH].[NaH].[NaH].[NaH].[NaH].[NaH].[NaH].[NaH].[NaH].[NaH].[NaH].[NaH].[NaH].[NaH].[NaH].[NaH].[NaH].[NaH].[NaH].[NaH].[NaH].[NaH]. The monoisotopic (exact) mass is 1060 g/mol. The van der Waals surface area contributed by atoms with Crippen molar-refractivity contribution in [3.8, 4) is 48.6 Å². The van der Waals surface area contributed by atoms with E-state index >= 15 is 0 Å². The van der Waals surface area contributed by atoms with Gasteiger partial charge in [0.15, 0.2) is 0 Å². The van der Waals surface area contributed by atoms with Gasteiger partial charge in [0.1, 0.15) is 48.6 Å². The van der Waals surface area contributed by atoms with E-state index in [9.17, 15) is 0 Å². The minimum atomic E-state index is 0. The quantitative estimate of drug-likeness (QED) is 0.0640. The van der Waals surface area contributed by atoms with E-state index in [2.05, 4.69) is 114 Å². The van der Waals surface area contributed by atoms with E-state index < -0.39 is 0 Å². The second-order valence-electron chi connectivity index (χ2n) is 0.900. The third-order valence-electron chi connectivity index (χ3n) is 0. The van der Waals surface area contributed by atoms with Crippen LogP contribution in [0, 0.1) is 96.0 Å². The predicted molar refractivity (Wildman–Crippen MR) is 289 cm³/mol. The molecule has 0 unspecified atom stereocenters. The molecule has 0 atom stereocenters. The Bertz CT molecular complexity index is 456. The van der Waals surface area contributed by atoms with Crippen LogP contribution in [0.4, 0.5) is 0 Å². The zero-order chi connectivity index (χ0) is 24.4. The van der Waals surface area contributed by atoms with E-state index in [1.165, 1.54) is 48.6 Å². The zero-order valence-corrected chi connectivity index (χ0v) is 20.6. The molecule has 0 saturated heterocycles. The normalized spacial score (nSPS) is 1.47. The number of hydrogen-bond acceptors (Lipinski definition) is 18. The Morgan fingerprint density at radius 3 is 0.143 bits per heavy atom. The van der Waals surface area contributed by atoms with Crippen molar-refractivity contribution in [1.82, 2.24) is 0 Å². The second kappa shape index (κ2) is 358. The fraction of sp³-hybridized carbons (Fsp3) is 0. The van der Waals surface area contributed by atoms with Gasteiger partial charge in [-0.2, -0.15) is 47.4 Å². The van der Waals surface area contributed by atoms with Gasteiger partial charge in [0.25, 0.3) is 0 Å². The molecule has 0 radical (unpaired) electrons. The van der Waals surface area contributed by atoms with Crippen LogP contribution >= 0.6 is 114 Å². The van der Waals surface area contributed by atoms with Crippen LogP contribution in [0.25, 0.3) is 0 Å². The average Bonchev–Trinajstić information content (AvgIpc) is 2.53. The van der Waals surface area contributed by atoms with Crippen LogP contribution in [0.3, 0.4) is 0 Å². The predicted octanol–water partition coefficient (Wildman–Crippen LogP) is -10.7. The van der Waals surface area contributed by atoms with Gasteiger partial charge in [-0.05, 0) is 0 Å². The molecule has 0 aliphatic heterocycles. The summed E-state index contributed by atoms with van der Waals surface area (Å²) in [5, 5.41) is 77.7. The van der Waals surface area contributed by atoms with Gasteiger partial charge >= 0.3 is 650 Å². The summed E-state index contributed by atoms with van der Waals surface area (Å²) < 4.78 is 0. The van der Waals surface area contributed by atoms with Crippen LogP contribution < -0.4 is 0 Å².